The molecule has 4 nitrogen and oxygen atoms in total. The van der Waals surface area contributed by atoms with Gasteiger partial charge in [0.05, 0.1) is 5.69 Å². The fraction of sp³-hybridized carbons (Fsp3) is 0.122. The smallest absolute Gasteiger partial charge is 0.135 e. The van der Waals surface area contributed by atoms with E-state index < -0.39 is 6.98 Å². The number of fused-ring (bicyclic) bond motifs is 6. The van der Waals surface area contributed by atoms with Crippen LogP contribution in [-0.2, 0) is 25.8 Å². The molecule has 0 unspecified atom stereocenters. The van der Waals surface area contributed by atoms with Crippen molar-refractivity contribution in [1.29, 1.82) is 0 Å². The zero-order valence-corrected chi connectivity index (χ0v) is 28.5. The monoisotopic (exact) mass is 722 g/mol. The van der Waals surface area contributed by atoms with E-state index in [0.717, 1.165) is 60.6 Å². The molecule has 0 bridgehead atoms. The number of pyridine rings is 1. The maximum Gasteiger partial charge on any atom is 0.135 e. The first-order valence-electron chi connectivity index (χ1n) is 16.8. The minimum Gasteiger partial charge on any atom is -0.504 e. The van der Waals surface area contributed by atoms with Gasteiger partial charge in [0.2, 0.25) is 0 Å². The van der Waals surface area contributed by atoms with Crippen LogP contribution in [0.5, 0.6) is 0 Å². The molecule has 6 aromatic rings. The number of anilines is 6. The second-order valence-corrected chi connectivity index (χ2v) is 13.6. The van der Waals surface area contributed by atoms with Gasteiger partial charge in [-0.05, 0) is 53.8 Å². The van der Waals surface area contributed by atoms with E-state index in [1.165, 1.54) is 10.5 Å². The van der Waals surface area contributed by atoms with Crippen molar-refractivity contribution >= 4 is 46.0 Å². The summed E-state index contributed by atoms with van der Waals surface area (Å²) in [5.41, 5.74) is 9.82. The molecule has 3 heterocycles. The fourth-order valence-electron chi connectivity index (χ4n) is 6.19. The van der Waals surface area contributed by atoms with E-state index in [4.69, 9.17) is 9.10 Å². The van der Waals surface area contributed by atoms with Gasteiger partial charge in [0.15, 0.2) is 0 Å². The first-order chi connectivity index (χ1) is 23.6. The number of para-hydroxylation sites is 3. The van der Waals surface area contributed by atoms with Gasteiger partial charge in [0, 0.05) is 47.7 Å². The van der Waals surface area contributed by atoms with Crippen molar-refractivity contribution in [2.24, 2.45) is 0 Å². The van der Waals surface area contributed by atoms with Crippen LogP contribution in [0.25, 0.3) is 22.3 Å². The number of hydrogen-bond acceptors (Lipinski definition) is 5. The third-order valence-corrected chi connectivity index (χ3v) is 9.39. The van der Waals surface area contributed by atoms with Crippen molar-refractivity contribution in [3.8, 4) is 22.3 Å². The predicted molar refractivity (Wildman–Crippen MR) is 192 cm³/mol. The molecule has 47 heavy (non-hydrogen) atoms. The van der Waals surface area contributed by atoms with Gasteiger partial charge in [0.1, 0.15) is 5.82 Å². The topological polar surface area (TPSA) is 22.6 Å². The number of nitrogens with zero attached hydrogens (tertiary/aromatic N) is 4. The molecule has 0 spiro atoms. The maximum atomic E-state index is 8.08. The Bertz CT molecular complexity index is 2210. The average Bonchev–Trinajstić information content (AvgIpc) is 3.44. The van der Waals surface area contributed by atoms with Crippen molar-refractivity contribution in [3.63, 3.8) is 0 Å². The molecule has 2 aliphatic heterocycles. The van der Waals surface area contributed by atoms with E-state index in [9.17, 15) is 0 Å². The Morgan fingerprint density at radius 3 is 2.15 bits per heavy atom. The second-order valence-electron chi connectivity index (χ2n) is 12.5. The Labute approximate surface area is 300 Å². The minimum absolute atomic E-state index is 0. The molecule has 0 radical (unpaired) electrons. The van der Waals surface area contributed by atoms with Crippen molar-refractivity contribution in [2.75, 3.05) is 21.7 Å². The molecule has 8 rings (SSSR count). The molecule has 5 aromatic carbocycles. The van der Waals surface area contributed by atoms with E-state index in [2.05, 4.69) is 111 Å². The zero-order chi connectivity index (χ0) is 33.9. The van der Waals surface area contributed by atoms with Crippen LogP contribution in [0.2, 0.25) is 0 Å². The van der Waals surface area contributed by atoms with Gasteiger partial charge in [-0.25, -0.2) is 4.98 Å². The Morgan fingerprint density at radius 2 is 1.38 bits per heavy atom. The van der Waals surface area contributed by atoms with E-state index >= 15 is 0 Å². The van der Waals surface area contributed by atoms with Crippen molar-refractivity contribution in [3.05, 3.63) is 146 Å². The summed E-state index contributed by atoms with van der Waals surface area (Å²) in [5, 5.41) is 0. The SMILES string of the molecule is [2H]C([2H])([2H])N1[CH-]N(c2[c-]c(Sc3[c-]c4c(cc3)-c3ccccc3-c3ccccc3N4c3cc(C(C)(C)C)ccn3)ccc2)c2ccccc21.[Pd]. The first-order valence-corrected chi connectivity index (χ1v) is 16.1. The Hall–Kier alpha value is -4.34. The van der Waals surface area contributed by atoms with Gasteiger partial charge < -0.3 is 14.7 Å². The van der Waals surface area contributed by atoms with Crippen LogP contribution >= 0.6 is 11.8 Å². The quantitative estimate of drug-likeness (QED) is 0.133. The molecule has 0 saturated heterocycles. The van der Waals surface area contributed by atoms with Gasteiger partial charge >= 0.3 is 0 Å². The summed E-state index contributed by atoms with van der Waals surface area (Å²) in [7, 11) is 0. The molecule has 0 N–H and O–H groups in total. The zero-order valence-electron chi connectivity index (χ0n) is 29.1. The summed E-state index contributed by atoms with van der Waals surface area (Å²) in [6, 6.07) is 46.4. The Morgan fingerprint density at radius 1 is 0.702 bits per heavy atom. The van der Waals surface area contributed by atoms with Crippen LogP contribution in [0.1, 0.15) is 30.4 Å². The third kappa shape index (κ3) is 5.65. The van der Waals surface area contributed by atoms with Crippen LogP contribution in [0, 0.1) is 18.8 Å². The summed E-state index contributed by atoms with van der Waals surface area (Å²) in [6.45, 7) is 5.99. The standard InChI is InChI=1S/C41H33N4S.Pd/c1-41(2,3)28-22-23-42-40(24-28)45-36-17-8-7-16-34(36)32-14-5-6-15-33(32)35-21-20-31(26-39(35)45)46-30-13-11-12-29(25-30)44-27-43(4)37-18-9-10-19-38(37)44;/h5-24,27H,1-4H3;/q-3;/i4D3;. The van der Waals surface area contributed by atoms with Crippen LogP contribution in [-0.4, -0.2) is 12.0 Å². The van der Waals surface area contributed by atoms with E-state index in [1.54, 1.807) is 18.4 Å². The van der Waals surface area contributed by atoms with Crippen molar-refractivity contribution in [1.82, 2.24) is 4.98 Å². The first kappa shape index (κ1) is 27.7. The Kier molecular flexibility index (Phi) is 7.29. The molecule has 0 atom stereocenters. The molecule has 0 aliphatic carbocycles. The largest absolute Gasteiger partial charge is 0.504 e. The fourth-order valence-corrected chi connectivity index (χ4v) is 7.01. The summed E-state index contributed by atoms with van der Waals surface area (Å²) < 4.78 is 24.2. The van der Waals surface area contributed by atoms with Gasteiger partial charge in [-0.2, -0.15) is 30.9 Å². The summed E-state index contributed by atoms with van der Waals surface area (Å²) in [6.07, 6.45) is 1.90. The second kappa shape index (κ2) is 12.4. The predicted octanol–water partition coefficient (Wildman–Crippen LogP) is 11.0. The number of hydrogen-bond donors (Lipinski definition) is 0. The molecule has 0 saturated carbocycles. The normalized spacial score (nSPS) is 14.4. The number of aromatic nitrogens is 1. The molecular formula is C41H33N4PdS-3. The van der Waals surface area contributed by atoms with Crippen LogP contribution < -0.4 is 14.7 Å². The molecule has 236 valence electrons. The number of rotatable bonds is 4. The molecule has 0 fully saturated rings. The van der Waals surface area contributed by atoms with Crippen molar-refractivity contribution < 1.29 is 24.5 Å². The molecule has 0 amide bonds. The third-order valence-electron chi connectivity index (χ3n) is 8.48. The molecule has 1 aromatic heterocycles. The van der Waals surface area contributed by atoms with E-state index in [0.29, 0.717) is 5.69 Å². The van der Waals surface area contributed by atoms with Crippen molar-refractivity contribution in [2.45, 2.75) is 36.0 Å². The number of benzene rings is 5. The molecule has 2 aliphatic rings. The molecular weight excluding hydrogens is 687 g/mol. The summed E-state index contributed by atoms with van der Waals surface area (Å²) in [5.74, 6) is 0.836. The minimum atomic E-state index is -2.31. The van der Waals surface area contributed by atoms with Gasteiger partial charge in [-0.15, -0.1) is 51.0 Å². The summed E-state index contributed by atoms with van der Waals surface area (Å²) in [4.78, 5) is 12.2. The van der Waals surface area contributed by atoms with Crippen LogP contribution in [0.3, 0.4) is 0 Å². The van der Waals surface area contributed by atoms with E-state index in [-0.39, 0.29) is 25.8 Å². The Balaban J connectivity index is 0.00000392. The maximum absolute atomic E-state index is 8.08. The van der Waals surface area contributed by atoms with Gasteiger partial charge in [0.25, 0.3) is 0 Å². The van der Waals surface area contributed by atoms with Gasteiger partial charge in [-0.1, -0.05) is 86.6 Å². The summed E-state index contributed by atoms with van der Waals surface area (Å²) >= 11 is 1.57. The average molecular weight is 723 g/mol. The van der Waals surface area contributed by atoms with E-state index in [1.807, 2.05) is 53.6 Å². The van der Waals surface area contributed by atoms with Crippen LogP contribution in [0.15, 0.2) is 131 Å². The molecule has 6 heteroatoms. The van der Waals surface area contributed by atoms with Crippen LogP contribution in [0.4, 0.5) is 34.3 Å². The van der Waals surface area contributed by atoms with Gasteiger partial charge in [-0.3, -0.25) is 0 Å².